The molecule has 0 spiro atoms. The van der Waals surface area contributed by atoms with Crippen molar-refractivity contribution in [1.82, 2.24) is 0 Å². The van der Waals surface area contributed by atoms with Crippen LogP contribution in [0.3, 0.4) is 0 Å². The first-order valence-electron chi connectivity index (χ1n) is 5.95. The minimum Gasteiger partial charge on any atom is -0.494 e. The summed E-state index contributed by atoms with van der Waals surface area (Å²) in [7, 11) is 0. The van der Waals surface area contributed by atoms with Gasteiger partial charge < -0.3 is 4.74 Å². The Balaban J connectivity index is 2.35. The predicted molar refractivity (Wildman–Crippen MR) is 82.8 cm³/mol. The van der Waals surface area contributed by atoms with Crippen LogP contribution in [0.5, 0.6) is 5.75 Å². The lowest BCUT2D eigenvalue weighted by atomic mass is 10.0. The first-order chi connectivity index (χ1) is 9.52. The lowest BCUT2D eigenvalue weighted by Gasteiger charge is -2.08. The number of ketones is 1. The van der Waals surface area contributed by atoms with Gasteiger partial charge >= 0.3 is 0 Å². The Labute approximate surface area is 133 Å². The van der Waals surface area contributed by atoms with E-state index in [1.54, 1.807) is 18.2 Å². The fraction of sp³-hybridized carbons (Fsp3) is 0.133. The number of hydrogen-bond donors (Lipinski definition) is 0. The summed E-state index contributed by atoms with van der Waals surface area (Å²) in [5, 5.41) is 0. The SMILES string of the molecule is CCOc1ccc(C(=O)c2ccc(F)c(Br)c2)c(Br)c1. The summed E-state index contributed by atoms with van der Waals surface area (Å²) < 4.78 is 19.5. The van der Waals surface area contributed by atoms with E-state index in [4.69, 9.17) is 4.74 Å². The Kier molecular flexibility index (Phi) is 4.94. The number of rotatable bonds is 4. The van der Waals surface area contributed by atoms with Crippen molar-refractivity contribution in [2.24, 2.45) is 0 Å². The van der Waals surface area contributed by atoms with Crippen LogP contribution in [0.25, 0.3) is 0 Å². The van der Waals surface area contributed by atoms with Crippen LogP contribution >= 0.6 is 31.9 Å². The zero-order valence-electron chi connectivity index (χ0n) is 10.6. The van der Waals surface area contributed by atoms with Gasteiger partial charge in [-0.1, -0.05) is 0 Å². The minimum atomic E-state index is -0.396. The summed E-state index contributed by atoms with van der Waals surface area (Å²) in [6.45, 7) is 2.45. The van der Waals surface area contributed by atoms with Crippen LogP contribution in [0, 0.1) is 5.82 Å². The molecule has 0 unspecified atom stereocenters. The van der Waals surface area contributed by atoms with Gasteiger partial charge in [0.15, 0.2) is 5.78 Å². The van der Waals surface area contributed by atoms with Crippen LogP contribution in [0.4, 0.5) is 4.39 Å². The van der Waals surface area contributed by atoms with Gasteiger partial charge in [-0.15, -0.1) is 0 Å². The molecule has 0 aliphatic heterocycles. The van der Waals surface area contributed by atoms with Gasteiger partial charge in [0, 0.05) is 15.6 Å². The predicted octanol–water partition coefficient (Wildman–Crippen LogP) is 4.98. The molecule has 0 heterocycles. The van der Waals surface area contributed by atoms with Gasteiger partial charge in [-0.3, -0.25) is 4.79 Å². The fourth-order valence-corrected chi connectivity index (χ4v) is 2.65. The van der Waals surface area contributed by atoms with E-state index >= 15 is 0 Å². The highest BCUT2D eigenvalue weighted by Gasteiger charge is 2.14. The number of halogens is 3. The van der Waals surface area contributed by atoms with Crippen molar-refractivity contribution < 1.29 is 13.9 Å². The van der Waals surface area contributed by atoms with E-state index in [1.165, 1.54) is 18.2 Å². The third kappa shape index (κ3) is 3.27. The maximum atomic E-state index is 13.2. The highest BCUT2D eigenvalue weighted by Crippen LogP contribution is 2.26. The molecule has 2 aromatic carbocycles. The zero-order valence-corrected chi connectivity index (χ0v) is 13.8. The van der Waals surface area contributed by atoms with Crippen molar-refractivity contribution >= 4 is 37.6 Å². The van der Waals surface area contributed by atoms with Gasteiger partial charge in [-0.25, -0.2) is 4.39 Å². The van der Waals surface area contributed by atoms with E-state index in [2.05, 4.69) is 31.9 Å². The van der Waals surface area contributed by atoms with Gasteiger partial charge in [0.2, 0.25) is 0 Å². The molecule has 0 N–H and O–H groups in total. The smallest absolute Gasteiger partial charge is 0.194 e. The molecule has 0 saturated heterocycles. The molecular formula is C15H11Br2FO2. The lowest BCUT2D eigenvalue weighted by Crippen LogP contribution is -2.03. The molecule has 2 aromatic rings. The first-order valence-corrected chi connectivity index (χ1v) is 7.53. The van der Waals surface area contributed by atoms with Crippen molar-refractivity contribution in [3.63, 3.8) is 0 Å². The molecule has 0 atom stereocenters. The van der Waals surface area contributed by atoms with Crippen molar-refractivity contribution in [3.05, 3.63) is 62.3 Å². The van der Waals surface area contributed by atoms with Gasteiger partial charge in [0.25, 0.3) is 0 Å². The standard InChI is InChI=1S/C15H11Br2FO2/c1-2-20-10-4-5-11(12(16)8-10)15(19)9-3-6-14(18)13(17)7-9/h3-8H,2H2,1H3. The Morgan fingerprint density at radius 3 is 2.50 bits per heavy atom. The van der Waals surface area contributed by atoms with E-state index in [9.17, 15) is 9.18 Å². The average molecular weight is 402 g/mol. The molecule has 0 aliphatic carbocycles. The van der Waals surface area contributed by atoms with Crippen LogP contribution in [0.1, 0.15) is 22.8 Å². The molecule has 0 radical (unpaired) electrons. The summed E-state index contributed by atoms with van der Waals surface area (Å²) in [4.78, 5) is 12.4. The quantitative estimate of drug-likeness (QED) is 0.675. The van der Waals surface area contributed by atoms with E-state index in [0.29, 0.717) is 28.0 Å². The monoisotopic (exact) mass is 400 g/mol. The van der Waals surface area contributed by atoms with E-state index in [1.807, 2.05) is 6.92 Å². The topological polar surface area (TPSA) is 26.3 Å². The number of carbonyl (C=O) groups is 1. The van der Waals surface area contributed by atoms with Crippen LogP contribution in [0.15, 0.2) is 45.3 Å². The summed E-state index contributed by atoms with van der Waals surface area (Å²) in [6.07, 6.45) is 0. The highest BCUT2D eigenvalue weighted by atomic mass is 79.9. The van der Waals surface area contributed by atoms with Gasteiger partial charge in [0.1, 0.15) is 11.6 Å². The molecule has 0 aromatic heterocycles. The molecule has 104 valence electrons. The maximum absolute atomic E-state index is 13.2. The number of ether oxygens (including phenoxy) is 1. The largest absolute Gasteiger partial charge is 0.494 e. The second-order valence-corrected chi connectivity index (χ2v) is 5.74. The molecule has 0 aliphatic rings. The van der Waals surface area contributed by atoms with Gasteiger partial charge in [-0.05, 0) is 75.2 Å². The fourth-order valence-electron chi connectivity index (χ4n) is 1.73. The molecule has 2 nitrogen and oxygen atoms in total. The van der Waals surface area contributed by atoms with Crippen molar-refractivity contribution in [2.75, 3.05) is 6.61 Å². The summed E-state index contributed by atoms with van der Waals surface area (Å²) in [6, 6.07) is 9.37. The van der Waals surface area contributed by atoms with Crippen molar-refractivity contribution in [2.45, 2.75) is 6.92 Å². The molecular weight excluding hydrogens is 391 g/mol. The number of benzene rings is 2. The van der Waals surface area contributed by atoms with Crippen molar-refractivity contribution in [1.29, 1.82) is 0 Å². The van der Waals surface area contributed by atoms with E-state index < -0.39 is 5.82 Å². The lowest BCUT2D eigenvalue weighted by molar-refractivity contribution is 0.103. The Morgan fingerprint density at radius 1 is 1.15 bits per heavy atom. The third-order valence-electron chi connectivity index (χ3n) is 2.68. The number of carbonyl (C=O) groups excluding carboxylic acids is 1. The first kappa shape index (κ1) is 15.2. The highest BCUT2D eigenvalue weighted by molar-refractivity contribution is 9.10. The van der Waals surface area contributed by atoms with Crippen molar-refractivity contribution in [3.8, 4) is 5.75 Å². The summed E-state index contributed by atoms with van der Waals surface area (Å²) in [5.74, 6) is 0.115. The molecule has 20 heavy (non-hydrogen) atoms. The Bertz CT molecular complexity index is 656. The molecule has 0 saturated carbocycles. The van der Waals surface area contributed by atoms with Crippen LogP contribution in [-0.4, -0.2) is 12.4 Å². The zero-order chi connectivity index (χ0) is 14.7. The van der Waals surface area contributed by atoms with Gasteiger partial charge in [-0.2, -0.15) is 0 Å². The third-order valence-corrected chi connectivity index (χ3v) is 3.94. The van der Waals surface area contributed by atoms with Crippen LogP contribution in [0.2, 0.25) is 0 Å². The molecule has 5 heteroatoms. The normalized spacial score (nSPS) is 10.4. The minimum absolute atomic E-state index is 0.180. The van der Waals surface area contributed by atoms with Crippen LogP contribution < -0.4 is 4.74 Å². The second-order valence-electron chi connectivity index (χ2n) is 4.03. The van der Waals surface area contributed by atoms with Gasteiger partial charge in [0.05, 0.1) is 11.1 Å². The number of hydrogen-bond acceptors (Lipinski definition) is 2. The van der Waals surface area contributed by atoms with E-state index in [0.717, 1.165) is 0 Å². The molecule has 0 bridgehead atoms. The molecule has 0 fully saturated rings. The Morgan fingerprint density at radius 2 is 1.90 bits per heavy atom. The van der Waals surface area contributed by atoms with Crippen LogP contribution in [-0.2, 0) is 0 Å². The average Bonchev–Trinajstić information content (AvgIpc) is 2.42. The second kappa shape index (κ2) is 6.50. The molecule has 0 amide bonds. The summed E-state index contributed by atoms with van der Waals surface area (Å²) >= 11 is 6.44. The van der Waals surface area contributed by atoms with E-state index in [-0.39, 0.29) is 10.3 Å². The Hall–Kier alpha value is -1.20. The summed E-state index contributed by atoms with van der Waals surface area (Å²) in [5.41, 5.74) is 0.926. The maximum Gasteiger partial charge on any atom is 0.194 e. The molecule has 2 rings (SSSR count).